The van der Waals surface area contributed by atoms with Crippen molar-refractivity contribution in [2.45, 2.75) is 167 Å². The Morgan fingerprint density at radius 3 is 1.77 bits per heavy atom. The number of quaternary nitrogens is 1. The Bertz CT molecular complexity index is 743. The zero-order valence-corrected chi connectivity index (χ0v) is 30.3. The minimum absolute atomic E-state index is 0.0111. The van der Waals surface area contributed by atoms with Gasteiger partial charge in [0, 0.05) is 6.42 Å². The van der Waals surface area contributed by atoms with Crippen LogP contribution in [0.25, 0.3) is 0 Å². The molecule has 0 fully saturated rings. The van der Waals surface area contributed by atoms with Crippen molar-refractivity contribution in [3.8, 4) is 0 Å². The molecule has 0 saturated heterocycles. The standard InChI is InChI=1S/C35H71N2O6P/c1-6-8-10-12-14-15-16-17-18-19-20-21-22-23-25-27-29-35(39)36-33(34(38)28-26-24-13-11-9-7-2)32-43-44(40,41)42-31-30-37(3,4)5/h18-19,33-34,38H,6-17,20-32H2,1-5H3,(H-,36,39,40,41)/b19-18-. The van der Waals surface area contributed by atoms with Crippen LogP contribution in [0.2, 0.25) is 0 Å². The minimum Gasteiger partial charge on any atom is -0.756 e. The number of hydrogen-bond donors (Lipinski definition) is 2. The van der Waals surface area contributed by atoms with Gasteiger partial charge < -0.3 is 28.8 Å². The lowest BCUT2D eigenvalue weighted by atomic mass is 10.0. The van der Waals surface area contributed by atoms with Crippen LogP contribution in [-0.4, -0.2) is 68.5 Å². The van der Waals surface area contributed by atoms with E-state index in [2.05, 4.69) is 31.3 Å². The first kappa shape index (κ1) is 43.2. The van der Waals surface area contributed by atoms with Crippen molar-refractivity contribution in [1.82, 2.24) is 5.32 Å². The van der Waals surface area contributed by atoms with Crippen molar-refractivity contribution in [2.24, 2.45) is 0 Å². The molecule has 1 amide bonds. The molecule has 2 N–H and O–H groups in total. The Morgan fingerprint density at radius 2 is 1.25 bits per heavy atom. The molecular weight excluding hydrogens is 575 g/mol. The summed E-state index contributed by atoms with van der Waals surface area (Å²) in [5.74, 6) is -0.180. The number of nitrogens with zero attached hydrogens (tertiary/aromatic N) is 1. The van der Waals surface area contributed by atoms with Crippen LogP contribution in [0.4, 0.5) is 0 Å². The number of amides is 1. The molecule has 44 heavy (non-hydrogen) atoms. The highest BCUT2D eigenvalue weighted by Crippen LogP contribution is 2.38. The first-order valence-electron chi connectivity index (χ1n) is 18.0. The second-order valence-corrected chi connectivity index (χ2v) is 15.0. The Morgan fingerprint density at radius 1 is 0.773 bits per heavy atom. The van der Waals surface area contributed by atoms with Crippen molar-refractivity contribution in [2.75, 3.05) is 40.9 Å². The van der Waals surface area contributed by atoms with E-state index in [-0.39, 0.29) is 19.1 Å². The predicted molar refractivity (Wildman–Crippen MR) is 182 cm³/mol. The number of phosphoric acid groups is 1. The molecule has 0 spiro atoms. The van der Waals surface area contributed by atoms with Gasteiger partial charge in [-0.25, -0.2) is 0 Å². The number of aliphatic hydroxyl groups is 1. The average Bonchev–Trinajstić information content (AvgIpc) is 2.95. The maximum absolute atomic E-state index is 12.7. The zero-order chi connectivity index (χ0) is 32.9. The van der Waals surface area contributed by atoms with E-state index in [1.54, 1.807) is 0 Å². The Labute approximate surface area is 272 Å². The summed E-state index contributed by atoms with van der Waals surface area (Å²) in [6, 6.07) is -0.796. The first-order chi connectivity index (χ1) is 21.0. The van der Waals surface area contributed by atoms with E-state index in [1.165, 1.54) is 77.0 Å². The molecule has 0 radical (unpaired) electrons. The molecule has 3 unspecified atom stereocenters. The van der Waals surface area contributed by atoms with E-state index in [4.69, 9.17) is 9.05 Å². The maximum atomic E-state index is 12.7. The summed E-state index contributed by atoms with van der Waals surface area (Å²) in [5.41, 5.74) is 0. The first-order valence-corrected chi connectivity index (χ1v) is 19.5. The number of phosphoric ester groups is 1. The highest BCUT2D eigenvalue weighted by atomic mass is 31.2. The van der Waals surface area contributed by atoms with Crippen molar-refractivity contribution >= 4 is 13.7 Å². The third kappa shape index (κ3) is 29.9. The second-order valence-electron chi connectivity index (χ2n) is 13.6. The van der Waals surface area contributed by atoms with Gasteiger partial charge in [-0.15, -0.1) is 0 Å². The summed E-state index contributed by atoms with van der Waals surface area (Å²) in [4.78, 5) is 25.0. The monoisotopic (exact) mass is 647 g/mol. The SMILES string of the molecule is CCCCCCCCC/C=C\CCCCCCCC(=O)NC(COP(=O)([O-])OCC[N+](C)(C)C)C(O)CCCCCCCC. The number of carbonyl (C=O) groups excluding carboxylic acids is 1. The summed E-state index contributed by atoms with van der Waals surface area (Å²) < 4.78 is 23.0. The normalized spacial score (nSPS) is 15.0. The van der Waals surface area contributed by atoms with E-state index in [0.29, 0.717) is 23.9 Å². The summed E-state index contributed by atoms with van der Waals surface area (Å²) in [5, 5.41) is 13.7. The van der Waals surface area contributed by atoms with Crippen LogP contribution < -0.4 is 10.2 Å². The van der Waals surface area contributed by atoms with Gasteiger partial charge in [0.15, 0.2) is 0 Å². The van der Waals surface area contributed by atoms with E-state index in [0.717, 1.165) is 51.4 Å². The summed E-state index contributed by atoms with van der Waals surface area (Å²) in [6.07, 6.45) is 28.1. The van der Waals surface area contributed by atoms with Gasteiger partial charge in [0.2, 0.25) is 5.91 Å². The van der Waals surface area contributed by atoms with Crippen LogP contribution in [0.1, 0.15) is 155 Å². The molecule has 0 rings (SSSR count). The van der Waals surface area contributed by atoms with Crippen molar-refractivity contribution in [3.05, 3.63) is 12.2 Å². The third-order valence-corrected chi connectivity index (χ3v) is 8.97. The number of unbranched alkanes of at least 4 members (excludes halogenated alkanes) is 17. The third-order valence-electron chi connectivity index (χ3n) is 8.00. The van der Waals surface area contributed by atoms with Crippen molar-refractivity contribution < 1.29 is 32.9 Å². The maximum Gasteiger partial charge on any atom is 0.268 e. The molecule has 0 aliphatic heterocycles. The molecule has 0 aliphatic carbocycles. The number of allylic oxidation sites excluding steroid dienone is 2. The van der Waals surface area contributed by atoms with E-state index >= 15 is 0 Å². The number of nitrogens with one attached hydrogen (secondary N) is 1. The quantitative estimate of drug-likeness (QED) is 0.0330. The van der Waals surface area contributed by atoms with Gasteiger partial charge in [0.1, 0.15) is 13.2 Å². The minimum atomic E-state index is -4.54. The fraction of sp³-hybridized carbons (Fsp3) is 0.914. The molecular formula is C35H71N2O6P. The molecule has 9 heteroatoms. The van der Waals surface area contributed by atoms with Gasteiger partial charge >= 0.3 is 0 Å². The van der Waals surface area contributed by atoms with Crippen molar-refractivity contribution in [3.63, 3.8) is 0 Å². The van der Waals surface area contributed by atoms with E-state index in [9.17, 15) is 19.4 Å². The van der Waals surface area contributed by atoms with Gasteiger partial charge in [-0.3, -0.25) is 9.36 Å². The van der Waals surface area contributed by atoms with Gasteiger partial charge in [-0.05, 0) is 38.5 Å². The fourth-order valence-electron chi connectivity index (χ4n) is 5.03. The molecule has 8 nitrogen and oxygen atoms in total. The molecule has 0 aromatic heterocycles. The topological polar surface area (TPSA) is 108 Å². The van der Waals surface area contributed by atoms with Crippen LogP contribution in [0.3, 0.4) is 0 Å². The summed E-state index contributed by atoms with van der Waals surface area (Å²) >= 11 is 0. The predicted octanol–water partition coefficient (Wildman–Crippen LogP) is 8.22. The van der Waals surface area contributed by atoms with Crippen LogP contribution in [0.5, 0.6) is 0 Å². The number of hydrogen-bond acceptors (Lipinski definition) is 6. The van der Waals surface area contributed by atoms with Crippen LogP contribution in [0.15, 0.2) is 12.2 Å². The Hall–Kier alpha value is -0.760. The second kappa shape index (κ2) is 28.5. The zero-order valence-electron chi connectivity index (χ0n) is 29.4. The van der Waals surface area contributed by atoms with Crippen LogP contribution in [-0.2, 0) is 18.4 Å². The molecule has 3 atom stereocenters. The molecule has 0 aromatic carbocycles. The van der Waals surface area contributed by atoms with Gasteiger partial charge in [-0.1, -0.05) is 122 Å². The molecule has 0 saturated carbocycles. The highest BCUT2D eigenvalue weighted by molar-refractivity contribution is 7.45. The average molecular weight is 647 g/mol. The lowest BCUT2D eigenvalue weighted by Crippen LogP contribution is -2.46. The van der Waals surface area contributed by atoms with E-state index in [1.807, 2.05) is 21.1 Å². The lowest BCUT2D eigenvalue weighted by molar-refractivity contribution is -0.870. The number of rotatable bonds is 32. The summed E-state index contributed by atoms with van der Waals surface area (Å²) in [6.45, 7) is 4.62. The van der Waals surface area contributed by atoms with Gasteiger partial charge in [-0.2, -0.15) is 0 Å². The number of carbonyl (C=O) groups is 1. The molecule has 0 aromatic rings. The number of aliphatic hydroxyl groups excluding tert-OH is 1. The lowest BCUT2D eigenvalue weighted by Gasteiger charge is -2.30. The van der Waals surface area contributed by atoms with Crippen LogP contribution in [0, 0.1) is 0 Å². The Balaban J connectivity index is 4.34. The van der Waals surface area contributed by atoms with Crippen LogP contribution >= 0.6 is 7.82 Å². The largest absolute Gasteiger partial charge is 0.756 e. The molecule has 262 valence electrons. The Kier molecular flexibility index (Phi) is 28.0. The smallest absolute Gasteiger partial charge is 0.268 e. The fourth-order valence-corrected chi connectivity index (χ4v) is 5.75. The number of likely N-dealkylation sites (N-methyl/N-ethyl adjacent to an activating group) is 1. The van der Waals surface area contributed by atoms with E-state index < -0.39 is 20.0 Å². The van der Waals surface area contributed by atoms with Gasteiger partial charge in [0.05, 0.1) is 39.9 Å². The summed E-state index contributed by atoms with van der Waals surface area (Å²) in [7, 11) is 1.29. The molecule has 0 heterocycles. The highest BCUT2D eigenvalue weighted by Gasteiger charge is 2.24. The van der Waals surface area contributed by atoms with Gasteiger partial charge in [0.25, 0.3) is 7.82 Å². The van der Waals surface area contributed by atoms with Crippen molar-refractivity contribution in [1.29, 1.82) is 0 Å². The molecule has 0 bridgehead atoms. The molecule has 0 aliphatic rings.